The first-order chi connectivity index (χ1) is 14.1. The number of aromatic nitrogens is 2. The Morgan fingerprint density at radius 1 is 1.24 bits per heavy atom. The van der Waals surface area contributed by atoms with Gasteiger partial charge in [-0.2, -0.15) is 4.98 Å². The molecule has 29 heavy (non-hydrogen) atoms. The van der Waals surface area contributed by atoms with Gasteiger partial charge in [0.1, 0.15) is 17.7 Å². The number of likely N-dealkylation sites (tertiary alicyclic amines) is 1. The molecule has 7 nitrogen and oxygen atoms in total. The van der Waals surface area contributed by atoms with E-state index in [0.717, 1.165) is 58.5 Å². The summed E-state index contributed by atoms with van der Waals surface area (Å²) >= 11 is 2.24. The Hall–Kier alpha value is -1.46. The van der Waals surface area contributed by atoms with Crippen LogP contribution in [0.25, 0.3) is 10.9 Å². The average molecular weight is 515 g/mol. The molecule has 158 valence electrons. The zero-order chi connectivity index (χ0) is 20.4. The van der Waals surface area contributed by atoms with Crippen LogP contribution in [-0.4, -0.2) is 78.6 Å². The maximum Gasteiger partial charge on any atom is 0.227 e. The number of rotatable bonds is 6. The van der Waals surface area contributed by atoms with E-state index >= 15 is 0 Å². The number of alkyl halides is 1. The van der Waals surface area contributed by atoms with Crippen molar-refractivity contribution in [2.45, 2.75) is 31.5 Å². The number of fused-ring (bicyclic) bond motifs is 1. The van der Waals surface area contributed by atoms with Crippen molar-refractivity contribution in [1.82, 2.24) is 14.9 Å². The third-order valence-electron chi connectivity index (χ3n) is 5.72. The summed E-state index contributed by atoms with van der Waals surface area (Å²) < 4.78 is 20.2. The Morgan fingerprint density at radius 2 is 2.03 bits per heavy atom. The van der Waals surface area contributed by atoms with Gasteiger partial charge in [0, 0.05) is 37.6 Å². The average Bonchev–Trinajstić information content (AvgIpc) is 3.15. The van der Waals surface area contributed by atoms with Gasteiger partial charge in [-0.25, -0.2) is 9.37 Å². The van der Waals surface area contributed by atoms with Crippen LogP contribution in [0, 0.1) is 3.57 Å². The third-order valence-corrected chi connectivity index (χ3v) is 6.56. The largest absolute Gasteiger partial charge is 0.496 e. The molecule has 4 rings (SSSR count). The number of anilines is 2. The first-order valence-corrected chi connectivity index (χ1v) is 11.2. The van der Waals surface area contributed by atoms with Crippen LogP contribution in [0.2, 0.25) is 0 Å². The van der Waals surface area contributed by atoms with E-state index < -0.39 is 6.17 Å². The molecule has 2 fully saturated rings. The fourth-order valence-electron chi connectivity index (χ4n) is 4.06. The fraction of sp³-hybridized carbons (Fsp3) is 0.600. The minimum Gasteiger partial charge on any atom is -0.496 e. The van der Waals surface area contributed by atoms with Gasteiger partial charge < -0.3 is 25.0 Å². The van der Waals surface area contributed by atoms with Gasteiger partial charge in [-0.1, -0.05) is 0 Å². The van der Waals surface area contributed by atoms with Crippen molar-refractivity contribution in [3.8, 4) is 5.75 Å². The second kappa shape index (κ2) is 9.13. The highest BCUT2D eigenvalue weighted by molar-refractivity contribution is 14.1. The Kier molecular flexibility index (Phi) is 6.55. The summed E-state index contributed by atoms with van der Waals surface area (Å²) in [6.45, 7) is 3.80. The normalized spacial score (nSPS) is 21.1. The van der Waals surface area contributed by atoms with Crippen molar-refractivity contribution >= 4 is 45.3 Å². The van der Waals surface area contributed by atoms with E-state index in [-0.39, 0.29) is 6.61 Å². The molecule has 0 bridgehead atoms. The number of piperidine rings is 1. The lowest BCUT2D eigenvalue weighted by Crippen LogP contribution is -2.40. The maximum atomic E-state index is 13.8. The van der Waals surface area contributed by atoms with Crippen molar-refractivity contribution in [3.63, 3.8) is 0 Å². The number of methoxy groups -OCH3 is 1. The molecular weight excluding hydrogens is 488 g/mol. The molecule has 2 aromatic rings. The van der Waals surface area contributed by atoms with E-state index in [1.54, 1.807) is 7.11 Å². The van der Waals surface area contributed by atoms with Crippen LogP contribution in [0.1, 0.15) is 19.3 Å². The fourth-order valence-corrected chi connectivity index (χ4v) is 4.73. The molecule has 0 aliphatic carbocycles. The van der Waals surface area contributed by atoms with Crippen LogP contribution in [-0.2, 0) is 0 Å². The summed E-state index contributed by atoms with van der Waals surface area (Å²) in [5.74, 6) is 2.15. The van der Waals surface area contributed by atoms with Gasteiger partial charge in [-0.05, 0) is 54.0 Å². The molecule has 2 aliphatic heterocycles. The molecule has 0 amide bonds. The molecule has 0 radical (unpaired) electrons. The number of aliphatic hydroxyl groups excluding tert-OH is 1. The Bertz CT molecular complexity index is 862. The molecular formula is C20H27FIN5O2. The van der Waals surface area contributed by atoms with E-state index in [1.165, 1.54) is 0 Å². The molecule has 0 saturated carbocycles. The lowest BCUT2D eigenvalue weighted by Gasteiger charge is -2.32. The van der Waals surface area contributed by atoms with Crippen molar-refractivity contribution in [2.75, 3.05) is 56.7 Å². The summed E-state index contributed by atoms with van der Waals surface area (Å²) in [6.07, 6.45) is 1.67. The quantitative estimate of drug-likeness (QED) is 0.574. The van der Waals surface area contributed by atoms with Gasteiger partial charge in [0.2, 0.25) is 5.95 Å². The lowest BCUT2D eigenvalue weighted by atomic mass is 10.0. The minimum absolute atomic E-state index is 0.196. The first-order valence-electron chi connectivity index (χ1n) is 10.1. The number of ether oxygens (including phenoxy) is 1. The molecule has 2 aliphatic rings. The molecule has 1 aromatic carbocycles. The van der Waals surface area contributed by atoms with E-state index in [4.69, 9.17) is 19.8 Å². The highest BCUT2D eigenvalue weighted by atomic mass is 127. The molecule has 0 spiro atoms. The number of hydrogen-bond donors (Lipinski definition) is 2. The van der Waals surface area contributed by atoms with Gasteiger partial charge in [0.15, 0.2) is 0 Å². The molecule has 2 saturated heterocycles. The highest BCUT2D eigenvalue weighted by Crippen LogP contribution is 2.33. The molecule has 2 N–H and O–H groups in total. The van der Waals surface area contributed by atoms with Crippen LogP contribution in [0.15, 0.2) is 12.1 Å². The third kappa shape index (κ3) is 4.66. The summed E-state index contributed by atoms with van der Waals surface area (Å²) in [6, 6.07) is 4.28. The van der Waals surface area contributed by atoms with Gasteiger partial charge in [-0.15, -0.1) is 0 Å². The summed E-state index contributed by atoms with van der Waals surface area (Å²) in [7, 11) is 1.66. The molecule has 1 aromatic heterocycles. The number of β-amino-alcohol motifs (C(OH)–C–C–N with tert-alkyl or cyclic N) is 1. The predicted octanol–water partition coefficient (Wildman–Crippen LogP) is 2.66. The number of nitrogens with zero attached hydrogens (tertiary/aromatic N) is 4. The van der Waals surface area contributed by atoms with Crippen molar-refractivity contribution in [3.05, 3.63) is 15.7 Å². The van der Waals surface area contributed by atoms with Crippen LogP contribution >= 0.6 is 22.6 Å². The van der Waals surface area contributed by atoms with Gasteiger partial charge >= 0.3 is 0 Å². The number of hydrogen-bond acceptors (Lipinski definition) is 7. The zero-order valence-corrected chi connectivity index (χ0v) is 18.7. The standard InChI is InChI=1S/C20H27FIN5O2/c1-29-18-10-15-17(11-16(18)22)24-20(27-7-2-13(21)12-27)25-19(15)23-14-3-5-26(6-4-14)8-9-28/h10-11,13-14,28H,2-9,12H2,1H3,(H,23,24,25). The summed E-state index contributed by atoms with van der Waals surface area (Å²) in [5.41, 5.74) is 0.836. The lowest BCUT2D eigenvalue weighted by molar-refractivity contribution is 0.168. The van der Waals surface area contributed by atoms with Crippen LogP contribution < -0.4 is 15.0 Å². The van der Waals surface area contributed by atoms with E-state index in [0.29, 0.717) is 31.5 Å². The number of benzene rings is 1. The van der Waals surface area contributed by atoms with Gasteiger partial charge in [0.05, 0.1) is 29.3 Å². The second-order valence-corrected chi connectivity index (χ2v) is 8.85. The minimum atomic E-state index is -0.822. The zero-order valence-electron chi connectivity index (χ0n) is 16.6. The smallest absolute Gasteiger partial charge is 0.227 e. The molecule has 9 heteroatoms. The van der Waals surface area contributed by atoms with Crippen LogP contribution in [0.5, 0.6) is 5.75 Å². The van der Waals surface area contributed by atoms with E-state index in [1.807, 2.05) is 17.0 Å². The highest BCUT2D eigenvalue weighted by Gasteiger charge is 2.26. The van der Waals surface area contributed by atoms with Crippen molar-refractivity contribution in [2.24, 2.45) is 0 Å². The first kappa shape index (κ1) is 20.8. The Labute approximate surface area is 183 Å². The van der Waals surface area contributed by atoms with E-state index in [9.17, 15) is 4.39 Å². The van der Waals surface area contributed by atoms with E-state index in [2.05, 4.69) is 32.8 Å². The maximum absolute atomic E-state index is 13.8. The van der Waals surface area contributed by atoms with Gasteiger partial charge in [-0.3, -0.25) is 0 Å². The number of aliphatic hydroxyl groups is 1. The van der Waals surface area contributed by atoms with Crippen molar-refractivity contribution < 1.29 is 14.2 Å². The summed E-state index contributed by atoms with van der Waals surface area (Å²) in [4.78, 5) is 13.7. The van der Waals surface area contributed by atoms with Crippen molar-refractivity contribution in [1.29, 1.82) is 0 Å². The van der Waals surface area contributed by atoms with Crippen LogP contribution in [0.3, 0.4) is 0 Å². The number of nitrogens with one attached hydrogen (secondary N) is 1. The predicted molar refractivity (Wildman–Crippen MR) is 121 cm³/mol. The summed E-state index contributed by atoms with van der Waals surface area (Å²) in [5, 5.41) is 13.7. The molecule has 1 atom stereocenters. The Balaban J connectivity index is 1.64. The SMILES string of the molecule is COc1cc2c(NC3CCN(CCO)CC3)nc(N3CCC(F)C3)nc2cc1I. The monoisotopic (exact) mass is 515 g/mol. The topological polar surface area (TPSA) is 73.8 Å². The Morgan fingerprint density at radius 3 is 2.69 bits per heavy atom. The second-order valence-electron chi connectivity index (χ2n) is 7.69. The molecule has 1 unspecified atom stereocenters. The molecule has 3 heterocycles. The van der Waals surface area contributed by atoms with Crippen LogP contribution in [0.4, 0.5) is 16.2 Å². The van der Waals surface area contributed by atoms with Gasteiger partial charge in [0.25, 0.3) is 0 Å². The number of halogens is 2.